The molecule has 13 heavy (non-hydrogen) atoms. The van der Waals surface area contributed by atoms with Crippen LogP contribution >= 0.6 is 22.9 Å². The van der Waals surface area contributed by atoms with E-state index in [1.807, 2.05) is 11.4 Å². The molecule has 2 aromatic heterocycles. The first kappa shape index (κ1) is 8.47. The molecule has 0 unspecified atom stereocenters. The highest BCUT2D eigenvalue weighted by molar-refractivity contribution is 7.17. The second-order valence-corrected chi connectivity index (χ2v) is 3.71. The van der Waals surface area contributed by atoms with Crippen LogP contribution in [0, 0.1) is 0 Å². The Morgan fingerprint density at radius 3 is 3.08 bits per heavy atom. The number of hydrogen-bond donors (Lipinski definition) is 1. The summed E-state index contributed by atoms with van der Waals surface area (Å²) in [7, 11) is 0. The highest BCUT2D eigenvalue weighted by Crippen LogP contribution is 2.28. The number of hydrogen-bond acceptors (Lipinski definition) is 3. The molecule has 0 aliphatic heterocycles. The van der Waals surface area contributed by atoms with E-state index in [0.717, 1.165) is 5.39 Å². The molecule has 0 spiro atoms. The fourth-order valence-corrected chi connectivity index (χ4v) is 2.28. The zero-order valence-electron chi connectivity index (χ0n) is 6.32. The van der Waals surface area contributed by atoms with Crippen molar-refractivity contribution in [3.63, 3.8) is 0 Å². The Hall–Kier alpha value is -1.13. The second kappa shape index (κ2) is 2.97. The third kappa shape index (κ3) is 1.28. The van der Waals surface area contributed by atoms with Gasteiger partial charge in [0, 0.05) is 11.6 Å². The van der Waals surface area contributed by atoms with Gasteiger partial charge in [-0.15, -0.1) is 11.3 Å². The molecule has 0 saturated heterocycles. The normalized spacial score (nSPS) is 10.5. The van der Waals surface area contributed by atoms with Crippen molar-refractivity contribution in [2.45, 2.75) is 0 Å². The molecule has 0 atom stereocenters. The molecule has 0 fully saturated rings. The van der Waals surface area contributed by atoms with E-state index in [2.05, 4.69) is 4.98 Å². The lowest BCUT2D eigenvalue weighted by molar-refractivity contribution is 0.0699. The van der Waals surface area contributed by atoms with Gasteiger partial charge < -0.3 is 5.11 Å². The molecule has 0 bridgehead atoms. The van der Waals surface area contributed by atoms with Crippen LogP contribution < -0.4 is 0 Å². The summed E-state index contributed by atoms with van der Waals surface area (Å²) in [4.78, 5) is 14.6. The number of carboxylic acid groups (broad SMARTS) is 1. The lowest BCUT2D eigenvalue weighted by Gasteiger charge is -1.98. The number of nitrogens with zero attached hydrogens (tertiary/aromatic N) is 1. The van der Waals surface area contributed by atoms with E-state index in [0.29, 0.717) is 4.70 Å². The molecule has 0 amide bonds. The molecule has 66 valence electrons. The Morgan fingerprint density at radius 1 is 1.62 bits per heavy atom. The Labute approximate surface area is 82.6 Å². The van der Waals surface area contributed by atoms with Crippen molar-refractivity contribution in [1.82, 2.24) is 4.98 Å². The van der Waals surface area contributed by atoms with Crippen molar-refractivity contribution >= 4 is 39.0 Å². The van der Waals surface area contributed by atoms with Gasteiger partial charge in [0.15, 0.2) is 0 Å². The Kier molecular flexibility index (Phi) is 1.94. The van der Waals surface area contributed by atoms with Gasteiger partial charge in [0.1, 0.15) is 10.7 Å². The summed E-state index contributed by atoms with van der Waals surface area (Å²) in [6.07, 6.45) is 1.57. The maximum atomic E-state index is 10.8. The minimum atomic E-state index is -1.04. The predicted molar refractivity (Wildman–Crippen MR) is 51.6 cm³/mol. The highest BCUT2D eigenvalue weighted by atomic mass is 35.5. The molecule has 0 aliphatic carbocycles. The van der Waals surface area contributed by atoms with Crippen molar-refractivity contribution in [2.75, 3.05) is 0 Å². The average Bonchev–Trinajstić information content (AvgIpc) is 2.50. The van der Waals surface area contributed by atoms with E-state index < -0.39 is 5.97 Å². The summed E-state index contributed by atoms with van der Waals surface area (Å²) in [5.41, 5.74) is 0.0918. The first-order chi connectivity index (χ1) is 6.20. The minimum Gasteiger partial charge on any atom is -0.478 e. The first-order valence-corrected chi connectivity index (χ1v) is 4.71. The van der Waals surface area contributed by atoms with E-state index >= 15 is 0 Å². The number of carbonyl (C=O) groups is 1. The van der Waals surface area contributed by atoms with Crippen molar-refractivity contribution in [3.8, 4) is 0 Å². The summed E-state index contributed by atoms with van der Waals surface area (Å²) < 4.78 is 0.674. The van der Waals surface area contributed by atoms with Crippen LogP contribution in [0.2, 0.25) is 5.15 Å². The lowest BCUT2D eigenvalue weighted by atomic mass is 10.2. The van der Waals surface area contributed by atoms with E-state index in [4.69, 9.17) is 16.7 Å². The molecule has 2 aromatic rings. The molecule has 3 nitrogen and oxygen atoms in total. The van der Waals surface area contributed by atoms with Crippen molar-refractivity contribution in [3.05, 3.63) is 28.4 Å². The average molecular weight is 214 g/mol. The summed E-state index contributed by atoms with van der Waals surface area (Å²) in [5, 5.41) is 11.5. The van der Waals surface area contributed by atoms with E-state index in [9.17, 15) is 4.79 Å². The molecule has 0 aromatic carbocycles. The third-order valence-corrected chi connectivity index (χ3v) is 2.89. The van der Waals surface area contributed by atoms with Crippen LogP contribution in [0.1, 0.15) is 10.4 Å². The standard InChI is InChI=1S/C8H4ClNO2S/c9-7-5(8(11)12)6-4(3-10-7)1-2-13-6/h1-3H,(H,11,12). The van der Waals surface area contributed by atoms with Gasteiger partial charge in [0.2, 0.25) is 0 Å². The van der Waals surface area contributed by atoms with Gasteiger partial charge in [-0.3, -0.25) is 0 Å². The smallest absolute Gasteiger partial charge is 0.340 e. The Balaban J connectivity index is 2.88. The van der Waals surface area contributed by atoms with Crippen LogP contribution in [0.5, 0.6) is 0 Å². The minimum absolute atomic E-state index is 0.0439. The first-order valence-electron chi connectivity index (χ1n) is 3.45. The van der Waals surface area contributed by atoms with Gasteiger partial charge in [0.25, 0.3) is 0 Å². The van der Waals surface area contributed by atoms with Gasteiger partial charge in [-0.2, -0.15) is 0 Å². The monoisotopic (exact) mass is 213 g/mol. The maximum Gasteiger partial charge on any atom is 0.340 e. The highest BCUT2D eigenvalue weighted by Gasteiger charge is 2.14. The third-order valence-electron chi connectivity index (χ3n) is 1.66. The summed E-state index contributed by atoms with van der Waals surface area (Å²) in [6, 6.07) is 1.82. The largest absolute Gasteiger partial charge is 0.478 e. The molecule has 0 aliphatic rings. The van der Waals surface area contributed by atoms with Gasteiger partial charge in [-0.1, -0.05) is 11.6 Å². The second-order valence-electron chi connectivity index (χ2n) is 2.43. The topological polar surface area (TPSA) is 50.2 Å². The van der Waals surface area contributed by atoms with Crippen LogP contribution in [-0.2, 0) is 0 Å². The number of thiophene rings is 1. The number of aromatic carboxylic acids is 1. The van der Waals surface area contributed by atoms with Crippen LogP contribution in [0.4, 0.5) is 0 Å². The van der Waals surface area contributed by atoms with Gasteiger partial charge >= 0.3 is 5.97 Å². The maximum absolute atomic E-state index is 10.8. The van der Waals surface area contributed by atoms with E-state index in [1.165, 1.54) is 11.3 Å². The zero-order valence-corrected chi connectivity index (χ0v) is 7.89. The number of carboxylic acids is 1. The fraction of sp³-hybridized carbons (Fsp3) is 0. The number of halogens is 1. The summed E-state index contributed by atoms with van der Waals surface area (Å²) in [5.74, 6) is -1.04. The molecule has 2 heterocycles. The molecular weight excluding hydrogens is 210 g/mol. The van der Waals surface area contributed by atoms with Crippen LogP contribution in [0.15, 0.2) is 17.6 Å². The molecule has 5 heteroatoms. The molecule has 1 N–H and O–H groups in total. The summed E-state index contributed by atoms with van der Waals surface area (Å²) >= 11 is 7.02. The number of rotatable bonds is 1. The van der Waals surface area contributed by atoms with Crippen LogP contribution in [-0.4, -0.2) is 16.1 Å². The SMILES string of the molecule is O=C(O)c1c(Cl)ncc2ccsc12. The Bertz CT molecular complexity index is 480. The van der Waals surface area contributed by atoms with Crippen LogP contribution in [0.25, 0.3) is 10.1 Å². The quantitative estimate of drug-likeness (QED) is 0.741. The predicted octanol–water partition coefficient (Wildman–Crippen LogP) is 2.65. The van der Waals surface area contributed by atoms with Crippen LogP contribution in [0.3, 0.4) is 0 Å². The van der Waals surface area contributed by atoms with E-state index in [-0.39, 0.29) is 10.7 Å². The van der Waals surface area contributed by atoms with Gasteiger partial charge in [0.05, 0.1) is 4.70 Å². The van der Waals surface area contributed by atoms with Crippen molar-refractivity contribution in [2.24, 2.45) is 0 Å². The van der Waals surface area contributed by atoms with Gasteiger partial charge in [-0.05, 0) is 11.4 Å². The zero-order chi connectivity index (χ0) is 9.42. The lowest BCUT2D eigenvalue weighted by Crippen LogP contribution is -1.98. The number of aromatic nitrogens is 1. The van der Waals surface area contributed by atoms with Crippen molar-refractivity contribution in [1.29, 1.82) is 0 Å². The molecule has 2 rings (SSSR count). The van der Waals surface area contributed by atoms with E-state index in [1.54, 1.807) is 6.20 Å². The number of fused-ring (bicyclic) bond motifs is 1. The fourth-order valence-electron chi connectivity index (χ4n) is 1.09. The molecule has 0 saturated carbocycles. The number of pyridine rings is 1. The Morgan fingerprint density at radius 2 is 2.38 bits per heavy atom. The van der Waals surface area contributed by atoms with Crippen molar-refractivity contribution < 1.29 is 9.90 Å². The molecular formula is C8H4ClNO2S. The van der Waals surface area contributed by atoms with Gasteiger partial charge in [-0.25, -0.2) is 9.78 Å². The summed E-state index contributed by atoms with van der Waals surface area (Å²) in [6.45, 7) is 0. The molecule has 0 radical (unpaired) electrons.